The van der Waals surface area contributed by atoms with Crippen LogP contribution in [0.3, 0.4) is 0 Å². The number of rotatable bonds is 55. The third-order valence-electron chi connectivity index (χ3n) is 13.4. The van der Waals surface area contributed by atoms with Crippen LogP contribution in [-0.2, 0) is 27.9 Å². The van der Waals surface area contributed by atoms with Crippen LogP contribution in [-0.4, -0.2) is 69.4 Å². The number of unbranched alkanes of at least 4 members (excludes halogenated alkanes) is 31. The van der Waals surface area contributed by atoms with Gasteiger partial charge in [-0.15, -0.1) is 0 Å². The molecule has 0 aliphatic carbocycles. The number of hydrogen-bond donors (Lipinski definition) is 1. The first-order chi connectivity index (χ1) is 35.4. The molecule has 0 radical (unpaired) electrons. The Hall–Kier alpha value is -2.29. The number of nitrogens with one attached hydrogen (secondary N) is 1. The zero-order valence-corrected chi connectivity index (χ0v) is 49.5. The molecule has 3 atom stereocenters. The van der Waals surface area contributed by atoms with Crippen molar-refractivity contribution in [2.45, 2.75) is 290 Å². The molecule has 0 aliphatic heterocycles. The van der Waals surface area contributed by atoms with E-state index in [9.17, 15) is 19.0 Å². The van der Waals surface area contributed by atoms with Crippen LogP contribution < -0.4 is 10.2 Å². The van der Waals surface area contributed by atoms with Crippen LogP contribution in [0.4, 0.5) is 0 Å². The van der Waals surface area contributed by atoms with Gasteiger partial charge in [0.15, 0.2) is 0 Å². The lowest BCUT2D eigenvalue weighted by Crippen LogP contribution is -2.47. The molecule has 73 heavy (non-hydrogen) atoms. The van der Waals surface area contributed by atoms with E-state index in [1.165, 1.54) is 154 Å². The number of nitrogens with zero attached hydrogens (tertiary/aromatic N) is 1. The predicted octanol–water partition coefficient (Wildman–Crippen LogP) is 18.0. The fourth-order valence-electron chi connectivity index (χ4n) is 8.71. The van der Waals surface area contributed by atoms with E-state index >= 15 is 0 Å². The van der Waals surface area contributed by atoms with Crippen LogP contribution in [0.15, 0.2) is 60.8 Å². The molecular weight excluding hydrogens is 928 g/mol. The van der Waals surface area contributed by atoms with Gasteiger partial charge in [-0.25, -0.2) is 0 Å². The van der Waals surface area contributed by atoms with E-state index < -0.39 is 26.6 Å². The maximum absolute atomic E-state index is 13.5. The molecular formula is C63H117N2O7P. The van der Waals surface area contributed by atoms with Gasteiger partial charge in [0.1, 0.15) is 19.3 Å². The van der Waals surface area contributed by atoms with E-state index in [0.29, 0.717) is 23.9 Å². The van der Waals surface area contributed by atoms with Gasteiger partial charge >= 0.3 is 5.97 Å². The van der Waals surface area contributed by atoms with Crippen LogP contribution in [0.5, 0.6) is 0 Å². The minimum atomic E-state index is -4.70. The van der Waals surface area contributed by atoms with Gasteiger partial charge in [-0.05, 0) is 89.5 Å². The Balaban J connectivity index is 5.24. The number of carbonyl (C=O) groups excluding carboxylic acids is 2. The van der Waals surface area contributed by atoms with Crippen molar-refractivity contribution in [1.29, 1.82) is 0 Å². The average Bonchev–Trinajstić information content (AvgIpc) is 3.35. The highest BCUT2D eigenvalue weighted by molar-refractivity contribution is 7.45. The predicted molar refractivity (Wildman–Crippen MR) is 312 cm³/mol. The summed E-state index contributed by atoms with van der Waals surface area (Å²) in [5, 5.41) is 3.01. The Labute approximate surface area is 451 Å². The van der Waals surface area contributed by atoms with Gasteiger partial charge < -0.3 is 28.5 Å². The third-order valence-corrected chi connectivity index (χ3v) is 14.4. The zero-order chi connectivity index (χ0) is 53.6. The second kappa shape index (κ2) is 53.1. The van der Waals surface area contributed by atoms with E-state index in [-0.39, 0.29) is 24.9 Å². The van der Waals surface area contributed by atoms with Gasteiger partial charge in [-0.2, -0.15) is 0 Å². The molecule has 0 spiro atoms. The largest absolute Gasteiger partial charge is 0.756 e. The Morgan fingerprint density at radius 2 is 0.877 bits per heavy atom. The van der Waals surface area contributed by atoms with Crippen molar-refractivity contribution in [2.24, 2.45) is 0 Å². The van der Waals surface area contributed by atoms with Crippen LogP contribution in [0.1, 0.15) is 278 Å². The van der Waals surface area contributed by atoms with Crippen molar-refractivity contribution in [2.75, 3.05) is 40.9 Å². The molecule has 0 saturated heterocycles. The molecule has 0 rings (SSSR count). The highest BCUT2D eigenvalue weighted by Crippen LogP contribution is 2.38. The number of phosphoric ester groups is 1. The van der Waals surface area contributed by atoms with Gasteiger partial charge in [-0.1, -0.05) is 236 Å². The number of carbonyl (C=O) groups is 2. The second-order valence-corrected chi connectivity index (χ2v) is 23.2. The van der Waals surface area contributed by atoms with Crippen molar-refractivity contribution < 1.29 is 37.3 Å². The van der Waals surface area contributed by atoms with E-state index in [1.54, 1.807) is 0 Å². The van der Waals surface area contributed by atoms with Crippen molar-refractivity contribution in [3.05, 3.63) is 60.8 Å². The summed E-state index contributed by atoms with van der Waals surface area (Å²) >= 11 is 0. The smallest absolute Gasteiger partial charge is 0.306 e. The van der Waals surface area contributed by atoms with Crippen molar-refractivity contribution in [1.82, 2.24) is 5.32 Å². The quantitative estimate of drug-likeness (QED) is 0.0212. The van der Waals surface area contributed by atoms with Gasteiger partial charge in [0.25, 0.3) is 7.82 Å². The SMILES string of the molecule is CC/C=C/C/C=C/C/C=C/CCCCCCC(=O)NC(COP(=O)([O-])OCC[N+](C)(C)C)C(/C=C\CCCCCCCCCCCC)OC(=O)CCCCCCCCCCCCC/C=C/CCCCCCCC. The maximum atomic E-state index is 13.5. The Kier molecular flexibility index (Phi) is 51.5. The molecule has 0 bridgehead atoms. The lowest BCUT2D eigenvalue weighted by molar-refractivity contribution is -0.870. The van der Waals surface area contributed by atoms with Crippen LogP contribution in [0, 0.1) is 0 Å². The second-order valence-electron chi connectivity index (χ2n) is 21.8. The summed E-state index contributed by atoms with van der Waals surface area (Å²) in [6.07, 6.45) is 66.2. The maximum Gasteiger partial charge on any atom is 0.306 e. The first kappa shape index (κ1) is 70.7. The topological polar surface area (TPSA) is 114 Å². The average molecular weight is 1050 g/mol. The van der Waals surface area contributed by atoms with Gasteiger partial charge in [0.05, 0.1) is 33.8 Å². The molecule has 9 nitrogen and oxygen atoms in total. The molecule has 0 aromatic carbocycles. The van der Waals surface area contributed by atoms with Crippen molar-refractivity contribution in [3.63, 3.8) is 0 Å². The fraction of sp³-hybridized carbons (Fsp3) is 0.810. The summed E-state index contributed by atoms with van der Waals surface area (Å²) in [4.78, 5) is 39.9. The first-order valence-corrected chi connectivity index (χ1v) is 32.1. The summed E-state index contributed by atoms with van der Waals surface area (Å²) in [6.45, 7) is 6.72. The highest BCUT2D eigenvalue weighted by Gasteiger charge is 2.27. The lowest BCUT2D eigenvalue weighted by atomic mass is 10.0. The monoisotopic (exact) mass is 1040 g/mol. The summed E-state index contributed by atoms with van der Waals surface area (Å²) < 4.78 is 30.3. The van der Waals surface area contributed by atoms with Gasteiger partial charge in [0.2, 0.25) is 5.91 Å². The van der Waals surface area contributed by atoms with E-state index in [0.717, 1.165) is 83.5 Å². The highest BCUT2D eigenvalue weighted by atomic mass is 31.2. The van der Waals surface area contributed by atoms with Crippen LogP contribution >= 0.6 is 7.82 Å². The van der Waals surface area contributed by atoms with Crippen LogP contribution in [0.2, 0.25) is 0 Å². The zero-order valence-electron chi connectivity index (χ0n) is 48.6. The molecule has 0 fully saturated rings. The Morgan fingerprint density at radius 3 is 1.33 bits per heavy atom. The number of likely N-dealkylation sites (N-methyl/N-ethyl adjacent to an activating group) is 1. The van der Waals surface area contributed by atoms with Gasteiger partial charge in [-0.3, -0.25) is 14.2 Å². The number of allylic oxidation sites excluding steroid dienone is 9. The van der Waals surface area contributed by atoms with Crippen molar-refractivity contribution in [3.8, 4) is 0 Å². The molecule has 10 heteroatoms. The Morgan fingerprint density at radius 1 is 0.493 bits per heavy atom. The first-order valence-electron chi connectivity index (χ1n) is 30.6. The number of hydrogen-bond acceptors (Lipinski definition) is 7. The summed E-state index contributed by atoms with van der Waals surface area (Å²) in [5.74, 6) is -0.563. The molecule has 426 valence electrons. The van der Waals surface area contributed by atoms with E-state index in [1.807, 2.05) is 33.3 Å². The van der Waals surface area contributed by atoms with E-state index in [2.05, 4.69) is 74.7 Å². The summed E-state index contributed by atoms with van der Waals surface area (Å²) in [6, 6.07) is -0.900. The normalized spacial score (nSPS) is 14.1. The van der Waals surface area contributed by atoms with Crippen LogP contribution in [0.25, 0.3) is 0 Å². The molecule has 0 aliphatic rings. The number of quaternary nitrogens is 1. The van der Waals surface area contributed by atoms with Gasteiger partial charge in [0, 0.05) is 12.8 Å². The summed E-state index contributed by atoms with van der Waals surface area (Å²) in [7, 11) is 1.17. The number of amides is 1. The number of esters is 1. The summed E-state index contributed by atoms with van der Waals surface area (Å²) in [5.41, 5.74) is 0. The molecule has 1 N–H and O–H groups in total. The molecule has 0 aromatic heterocycles. The molecule has 0 saturated carbocycles. The Bertz CT molecular complexity index is 1440. The minimum Gasteiger partial charge on any atom is -0.756 e. The third kappa shape index (κ3) is 54.3. The molecule has 1 amide bonds. The lowest BCUT2D eigenvalue weighted by Gasteiger charge is -2.30. The molecule has 0 aromatic rings. The number of ether oxygens (including phenoxy) is 1. The van der Waals surface area contributed by atoms with Crippen molar-refractivity contribution >= 4 is 19.7 Å². The fourth-order valence-corrected chi connectivity index (χ4v) is 9.43. The minimum absolute atomic E-state index is 0.0278. The number of phosphoric acid groups is 1. The van der Waals surface area contributed by atoms with E-state index in [4.69, 9.17) is 13.8 Å². The molecule has 0 heterocycles. The molecule has 3 unspecified atom stereocenters. The standard InChI is InChI=1S/C63H117N2O7P/c1-7-10-13-16-19-22-25-28-30-31-32-33-34-35-36-38-41-44-47-50-53-56-63(67)72-61(54-51-48-45-42-39-27-24-21-18-15-12-9-3)60(59-71-73(68,69)70-58-57-65(4,5)6)64-62(66)55-52-49-46-43-40-37-29-26-23-20-17-14-11-8-2/h11,14,20,23,28-30,37,51,54,60-61H,7-10,12-13,15-19,21-22,24-27,31-36,38-50,52-53,55-59H2,1-6H3,(H-,64,66,68,69)/b14-11+,23-20+,30-28+,37-29+,54-51-.